The lowest BCUT2D eigenvalue weighted by Crippen LogP contribution is -2.39. The van der Waals surface area contributed by atoms with Crippen molar-refractivity contribution in [1.29, 1.82) is 0 Å². The van der Waals surface area contributed by atoms with Crippen molar-refractivity contribution >= 4 is 23.4 Å². The van der Waals surface area contributed by atoms with Gasteiger partial charge in [-0.2, -0.15) is 0 Å². The van der Waals surface area contributed by atoms with Gasteiger partial charge in [-0.3, -0.25) is 9.36 Å². The fourth-order valence-electron chi connectivity index (χ4n) is 3.15. The van der Waals surface area contributed by atoms with Gasteiger partial charge in [0.15, 0.2) is 4.80 Å². The molecule has 0 saturated carbocycles. The van der Waals surface area contributed by atoms with Gasteiger partial charge in [0.2, 0.25) is 0 Å². The third-order valence-electron chi connectivity index (χ3n) is 4.36. The summed E-state index contributed by atoms with van der Waals surface area (Å²) >= 11 is 1.27. The van der Waals surface area contributed by atoms with Crippen molar-refractivity contribution in [2.75, 3.05) is 7.11 Å². The minimum absolute atomic E-state index is 0.224. The number of ether oxygens (including phenoxy) is 1. The molecule has 1 aromatic carbocycles. The first-order valence-corrected chi connectivity index (χ1v) is 9.11. The van der Waals surface area contributed by atoms with E-state index in [1.165, 1.54) is 18.4 Å². The van der Waals surface area contributed by atoms with Crippen molar-refractivity contribution in [2.45, 2.75) is 13.0 Å². The summed E-state index contributed by atoms with van der Waals surface area (Å²) < 4.78 is 12.3. The molecule has 4 rings (SSSR count). The van der Waals surface area contributed by atoms with Crippen LogP contribution in [0.15, 0.2) is 74.2 Å². The van der Waals surface area contributed by atoms with Gasteiger partial charge in [-0.05, 0) is 24.6 Å². The highest BCUT2D eigenvalue weighted by atomic mass is 32.1. The molecule has 6 nitrogen and oxygen atoms in total. The van der Waals surface area contributed by atoms with Crippen molar-refractivity contribution in [2.24, 2.45) is 4.99 Å². The predicted octanol–water partition coefficient (Wildman–Crippen LogP) is 2.00. The number of esters is 1. The lowest BCUT2D eigenvalue weighted by Gasteiger charge is -2.24. The Balaban J connectivity index is 2.00. The number of fused-ring (bicyclic) bond motifs is 1. The van der Waals surface area contributed by atoms with Crippen LogP contribution < -0.4 is 14.9 Å². The monoisotopic (exact) mass is 380 g/mol. The van der Waals surface area contributed by atoms with Gasteiger partial charge in [0.25, 0.3) is 5.56 Å². The molecule has 3 heterocycles. The van der Waals surface area contributed by atoms with Crippen LogP contribution in [0.2, 0.25) is 0 Å². The number of hydrogen-bond acceptors (Lipinski definition) is 6. The zero-order valence-corrected chi connectivity index (χ0v) is 15.5. The highest BCUT2D eigenvalue weighted by Gasteiger charge is 2.32. The van der Waals surface area contributed by atoms with E-state index < -0.39 is 12.0 Å². The number of methoxy groups -OCH3 is 1. The molecular weight excluding hydrogens is 364 g/mol. The Hall–Kier alpha value is -3.19. The standard InChI is InChI=1S/C20H16N2O4S/c1-12-16(19(24)25-2)17(13-7-4-3-5-8-13)22-18(23)15(27-20(22)21-12)11-14-9-6-10-26-14/h3-11,17H,1-2H3/b15-11+. The van der Waals surface area contributed by atoms with Crippen LogP contribution in [-0.4, -0.2) is 17.6 Å². The zero-order valence-electron chi connectivity index (χ0n) is 14.7. The Labute approximate surface area is 158 Å². The van der Waals surface area contributed by atoms with Crippen LogP contribution in [0.25, 0.3) is 6.08 Å². The van der Waals surface area contributed by atoms with E-state index in [-0.39, 0.29) is 5.56 Å². The summed E-state index contributed by atoms with van der Waals surface area (Å²) in [4.78, 5) is 30.7. The number of allylic oxidation sites excluding steroid dienone is 1. The van der Waals surface area contributed by atoms with E-state index in [4.69, 9.17) is 9.15 Å². The molecule has 0 aliphatic carbocycles. The number of furan rings is 1. The molecule has 3 aromatic rings. The van der Waals surface area contributed by atoms with Crippen LogP contribution in [0.3, 0.4) is 0 Å². The predicted molar refractivity (Wildman–Crippen MR) is 101 cm³/mol. The third kappa shape index (κ3) is 2.96. The maximum absolute atomic E-state index is 13.2. The van der Waals surface area contributed by atoms with Gasteiger partial charge in [0, 0.05) is 6.08 Å². The average Bonchev–Trinajstić information content (AvgIpc) is 3.29. The minimum atomic E-state index is -0.589. The number of carbonyl (C=O) groups is 1. The summed E-state index contributed by atoms with van der Waals surface area (Å²) in [5, 5.41) is 0. The number of rotatable bonds is 3. The average molecular weight is 380 g/mol. The molecule has 0 fully saturated rings. The molecule has 0 N–H and O–H groups in total. The maximum atomic E-state index is 13.2. The normalized spacial score (nSPS) is 16.8. The molecule has 0 amide bonds. The Kier molecular flexibility index (Phi) is 4.37. The Morgan fingerprint density at radius 2 is 2.04 bits per heavy atom. The molecule has 2 aromatic heterocycles. The third-order valence-corrected chi connectivity index (χ3v) is 5.34. The molecule has 0 saturated heterocycles. The van der Waals surface area contributed by atoms with E-state index in [1.54, 1.807) is 36.0 Å². The topological polar surface area (TPSA) is 73.8 Å². The van der Waals surface area contributed by atoms with E-state index in [0.29, 0.717) is 26.4 Å². The minimum Gasteiger partial charge on any atom is -0.466 e. The number of carbonyl (C=O) groups excluding carboxylic acids is 1. The van der Waals surface area contributed by atoms with Crippen molar-refractivity contribution < 1.29 is 13.9 Å². The largest absolute Gasteiger partial charge is 0.466 e. The van der Waals surface area contributed by atoms with Crippen LogP contribution in [0.5, 0.6) is 0 Å². The van der Waals surface area contributed by atoms with Gasteiger partial charge in [-0.1, -0.05) is 41.7 Å². The van der Waals surface area contributed by atoms with Crippen LogP contribution in [0, 0.1) is 0 Å². The van der Waals surface area contributed by atoms with Gasteiger partial charge in [0.05, 0.1) is 35.2 Å². The first-order chi connectivity index (χ1) is 13.1. The summed E-state index contributed by atoms with van der Waals surface area (Å²) in [5.41, 5.74) is 1.50. The summed E-state index contributed by atoms with van der Waals surface area (Å²) in [6.07, 6.45) is 3.23. The lowest BCUT2D eigenvalue weighted by molar-refractivity contribution is -0.136. The lowest BCUT2D eigenvalue weighted by atomic mass is 9.96. The van der Waals surface area contributed by atoms with Gasteiger partial charge in [-0.15, -0.1) is 0 Å². The second-order valence-electron chi connectivity index (χ2n) is 6.00. The van der Waals surface area contributed by atoms with Gasteiger partial charge >= 0.3 is 5.97 Å². The first kappa shape index (κ1) is 17.2. The maximum Gasteiger partial charge on any atom is 0.338 e. The van der Waals surface area contributed by atoms with Crippen LogP contribution in [0.4, 0.5) is 0 Å². The summed E-state index contributed by atoms with van der Waals surface area (Å²) in [7, 11) is 1.33. The molecule has 27 heavy (non-hydrogen) atoms. The molecule has 1 aliphatic heterocycles. The van der Waals surface area contributed by atoms with Crippen LogP contribution in [-0.2, 0) is 9.53 Å². The second kappa shape index (κ2) is 6.85. The van der Waals surface area contributed by atoms with Crippen LogP contribution in [0.1, 0.15) is 24.3 Å². The van der Waals surface area contributed by atoms with Gasteiger partial charge < -0.3 is 9.15 Å². The summed E-state index contributed by atoms with van der Waals surface area (Å²) in [6.45, 7) is 1.76. The fraction of sp³-hybridized carbons (Fsp3) is 0.150. The van der Waals surface area contributed by atoms with E-state index >= 15 is 0 Å². The van der Waals surface area contributed by atoms with Gasteiger partial charge in [-0.25, -0.2) is 9.79 Å². The fourth-order valence-corrected chi connectivity index (χ4v) is 4.17. The highest BCUT2D eigenvalue weighted by Crippen LogP contribution is 2.30. The van der Waals surface area contributed by atoms with E-state index in [0.717, 1.165) is 5.56 Å². The number of aromatic nitrogens is 1. The summed E-state index contributed by atoms with van der Waals surface area (Å²) in [6, 6.07) is 12.3. The Morgan fingerprint density at radius 1 is 1.26 bits per heavy atom. The van der Waals surface area contributed by atoms with Gasteiger partial charge in [0.1, 0.15) is 5.76 Å². The number of benzene rings is 1. The molecule has 1 atom stereocenters. The zero-order chi connectivity index (χ0) is 19.0. The molecule has 136 valence electrons. The van der Waals surface area contributed by atoms with Crippen molar-refractivity contribution in [3.8, 4) is 0 Å². The molecule has 7 heteroatoms. The summed E-state index contributed by atoms with van der Waals surface area (Å²) in [5.74, 6) is 0.0887. The Morgan fingerprint density at radius 3 is 2.70 bits per heavy atom. The molecular formula is C20H16N2O4S. The van der Waals surface area contributed by atoms with Crippen molar-refractivity contribution in [1.82, 2.24) is 4.57 Å². The molecule has 0 radical (unpaired) electrons. The number of nitrogens with zero attached hydrogens (tertiary/aromatic N) is 2. The van der Waals surface area contributed by atoms with Crippen molar-refractivity contribution in [3.63, 3.8) is 0 Å². The quantitative estimate of drug-likeness (QED) is 0.652. The van der Waals surface area contributed by atoms with E-state index in [9.17, 15) is 9.59 Å². The second-order valence-corrected chi connectivity index (χ2v) is 7.01. The number of hydrogen-bond donors (Lipinski definition) is 0. The Bertz CT molecular complexity index is 1200. The van der Waals surface area contributed by atoms with Crippen LogP contribution >= 0.6 is 11.3 Å². The SMILES string of the molecule is COC(=O)C1=C(C)N=c2s/c(=C/c3ccco3)c(=O)n2C1c1ccccc1. The molecule has 0 spiro atoms. The molecule has 1 unspecified atom stereocenters. The van der Waals surface area contributed by atoms with E-state index in [2.05, 4.69) is 4.99 Å². The van der Waals surface area contributed by atoms with Crippen molar-refractivity contribution in [3.05, 3.63) is 91.0 Å². The van der Waals surface area contributed by atoms with E-state index in [1.807, 2.05) is 30.3 Å². The number of thiazole rings is 1. The molecule has 1 aliphatic rings. The molecule has 0 bridgehead atoms. The highest BCUT2D eigenvalue weighted by molar-refractivity contribution is 7.07. The first-order valence-electron chi connectivity index (χ1n) is 8.29. The smallest absolute Gasteiger partial charge is 0.338 e.